The summed E-state index contributed by atoms with van der Waals surface area (Å²) < 4.78 is 0. The van der Waals surface area contributed by atoms with E-state index >= 15 is 0 Å². The Kier molecular flexibility index (Phi) is 5.37. The van der Waals surface area contributed by atoms with E-state index in [9.17, 15) is 0 Å². The molecule has 0 spiro atoms. The van der Waals surface area contributed by atoms with Gasteiger partial charge in [0, 0.05) is 42.7 Å². The third-order valence-corrected chi connectivity index (χ3v) is 11.1. The Bertz CT molecular complexity index is 669. The average Bonchev–Trinajstić information content (AvgIpc) is 3.35. The molecule has 0 unspecified atom stereocenters. The molecule has 0 saturated heterocycles. The van der Waals surface area contributed by atoms with Gasteiger partial charge in [-0.05, 0) is 45.8 Å². The molecule has 7 heteroatoms. The van der Waals surface area contributed by atoms with Crippen molar-refractivity contribution in [3.05, 3.63) is 67.3 Å². The van der Waals surface area contributed by atoms with Gasteiger partial charge in [-0.3, -0.25) is 0 Å². The Labute approximate surface area is 154 Å². The zero-order valence-corrected chi connectivity index (χ0v) is 17.0. The lowest BCUT2D eigenvalue weighted by Crippen LogP contribution is -2.21. The Morgan fingerprint density at radius 3 is 1.04 bits per heavy atom. The van der Waals surface area contributed by atoms with E-state index in [0.717, 1.165) is 0 Å². The first-order valence-electron chi connectivity index (χ1n) is 6.82. The van der Waals surface area contributed by atoms with Crippen molar-refractivity contribution in [2.24, 2.45) is 0 Å². The Morgan fingerprint density at radius 2 is 0.826 bits per heavy atom. The van der Waals surface area contributed by atoms with E-state index in [2.05, 4.69) is 67.3 Å². The van der Waals surface area contributed by atoms with Gasteiger partial charge in [0.15, 0.2) is 0 Å². The van der Waals surface area contributed by atoms with E-state index in [0.29, 0.717) is 0 Å². The van der Waals surface area contributed by atoms with Crippen molar-refractivity contribution in [3.8, 4) is 0 Å². The van der Waals surface area contributed by atoms with Crippen molar-refractivity contribution in [2.75, 3.05) is 0 Å². The molecule has 4 rings (SSSR count). The third kappa shape index (κ3) is 3.67. The summed E-state index contributed by atoms with van der Waals surface area (Å²) in [4.78, 5) is 5.40. The third-order valence-electron chi connectivity index (χ3n) is 3.18. The molecule has 4 heterocycles. The Hall–Kier alpha value is -0.380. The monoisotopic (exact) mass is 408 g/mol. The molecule has 0 amide bonds. The van der Waals surface area contributed by atoms with Gasteiger partial charge in [0.05, 0.1) is 16.1 Å². The van der Waals surface area contributed by atoms with Crippen molar-refractivity contribution in [3.63, 3.8) is 0 Å². The maximum absolute atomic E-state index is 5.40. The number of nitrogens with zero attached hydrogens (tertiary/aromatic N) is 1. The number of hydrogen-bond donors (Lipinski definition) is 0. The lowest BCUT2D eigenvalue weighted by atomic mass is 10.7. The molecule has 0 aliphatic heterocycles. The Morgan fingerprint density at radius 1 is 0.522 bits per heavy atom. The minimum absolute atomic E-state index is 0.642. The van der Waals surface area contributed by atoms with Crippen LogP contribution in [0.15, 0.2) is 67.3 Å². The highest BCUT2D eigenvalue weighted by molar-refractivity contribution is 7.85. The lowest BCUT2D eigenvalue weighted by Gasteiger charge is -2.22. The SMILES string of the molecule is c1cc(P([N]P(c2ccsc2)c2ccsc2)c2ccsc2)cs1. The van der Waals surface area contributed by atoms with Crippen LogP contribution in [0, 0.1) is 0 Å². The van der Waals surface area contributed by atoms with Gasteiger partial charge in [-0.15, -0.1) is 0 Å². The summed E-state index contributed by atoms with van der Waals surface area (Å²) in [5.41, 5.74) is 0. The quantitative estimate of drug-likeness (QED) is 0.402. The zero-order chi connectivity index (χ0) is 15.5. The second kappa shape index (κ2) is 7.67. The molecule has 0 N–H and O–H groups in total. The second-order valence-electron chi connectivity index (χ2n) is 4.64. The lowest BCUT2D eigenvalue weighted by molar-refractivity contribution is 1.63. The molecule has 1 nitrogen and oxygen atoms in total. The van der Waals surface area contributed by atoms with Gasteiger partial charge in [0.2, 0.25) is 0 Å². The number of hydrogen-bond acceptors (Lipinski definition) is 4. The maximum atomic E-state index is 5.40. The summed E-state index contributed by atoms with van der Waals surface area (Å²) in [7, 11) is -1.28. The standard InChI is InChI=1S/C16H12NP2S4/c1-5-20-9-13(1)18(14-2-6-21-10-14)17-19(15-3-7-22-11-15)16-4-8-23-12-16/h1-12H. The van der Waals surface area contributed by atoms with Crippen molar-refractivity contribution in [1.82, 2.24) is 4.86 Å². The van der Waals surface area contributed by atoms with Gasteiger partial charge >= 0.3 is 0 Å². The first kappa shape index (κ1) is 16.1. The van der Waals surface area contributed by atoms with Gasteiger partial charge < -0.3 is 0 Å². The van der Waals surface area contributed by atoms with E-state index in [4.69, 9.17) is 4.86 Å². The van der Waals surface area contributed by atoms with Crippen LogP contribution in [-0.4, -0.2) is 0 Å². The smallest absolute Gasteiger partial charge is 0.0514 e. The average molecular weight is 408 g/mol. The summed E-state index contributed by atoms with van der Waals surface area (Å²) in [6.45, 7) is 0. The topological polar surface area (TPSA) is 14.1 Å². The molecule has 0 atom stereocenters. The van der Waals surface area contributed by atoms with Crippen LogP contribution in [0.1, 0.15) is 0 Å². The molecular formula is C16H12NP2S4. The molecule has 0 aliphatic carbocycles. The summed E-state index contributed by atoms with van der Waals surface area (Å²) in [6, 6.07) is 8.91. The summed E-state index contributed by atoms with van der Waals surface area (Å²) in [5.74, 6) is 0. The van der Waals surface area contributed by atoms with Crippen LogP contribution in [0.4, 0.5) is 0 Å². The fourth-order valence-electron chi connectivity index (χ4n) is 2.11. The minimum Gasteiger partial charge on any atom is -0.172 e. The molecular weight excluding hydrogens is 396 g/mol. The molecule has 0 aliphatic rings. The van der Waals surface area contributed by atoms with Crippen LogP contribution < -0.4 is 26.1 Å². The zero-order valence-electron chi connectivity index (χ0n) is 11.9. The molecule has 23 heavy (non-hydrogen) atoms. The first-order valence-corrected chi connectivity index (χ1v) is 13.2. The highest BCUT2D eigenvalue weighted by Gasteiger charge is 2.24. The predicted octanol–water partition coefficient (Wildman–Crippen LogP) is 4.93. The first-order chi connectivity index (χ1) is 11.4. The second-order valence-corrected chi connectivity index (χ2v) is 11.8. The van der Waals surface area contributed by atoms with Crippen molar-refractivity contribution >= 4 is 82.7 Å². The van der Waals surface area contributed by atoms with Crippen LogP contribution in [0.2, 0.25) is 0 Å². The molecule has 1 radical (unpaired) electrons. The van der Waals surface area contributed by atoms with Crippen LogP contribution in [0.5, 0.6) is 0 Å². The van der Waals surface area contributed by atoms with E-state index in [1.165, 1.54) is 21.2 Å². The van der Waals surface area contributed by atoms with Gasteiger partial charge in [-0.25, -0.2) is 0 Å². The van der Waals surface area contributed by atoms with Gasteiger partial charge in [0.25, 0.3) is 0 Å². The molecule has 4 aromatic rings. The van der Waals surface area contributed by atoms with Gasteiger partial charge in [-0.1, -0.05) is 0 Å². The van der Waals surface area contributed by atoms with Crippen LogP contribution >= 0.6 is 61.5 Å². The van der Waals surface area contributed by atoms with E-state index in [1.54, 1.807) is 45.3 Å². The van der Waals surface area contributed by atoms with Crippen LogP contribution in [0.3, 0.4) is 0 Å². The largest absolute Gasteiger partial charge is 0.172 e. The van der Waals surface area contributed by atoms with Gasteiger partial charge in [0.1, 0.15) is 0 Å². The van der Waals surface area contributed by atoms with E-state index in [-0.39, 0.29) is 0 Å². The van der Waals surface area contributed by atoms with Crippen molar-refractivity contribution < 1.29 is 0 Å². The number of rotatable bonds is 6. The van der Waals surface area contributed by atoms with E-state index in [1.807, 2.05) is 0 Å². The number of thiophene rings is 4. The highest BCUT2D eigenvalue weighted by atomic mass is 32.1. The predicted molar refractivity (Wildman–Crippen MR) is 112 cm³/mol. The molecule has 0 aromatic carbocycles. The molecule has 0 bridgehead atoms. The molecule has 0 fully saturated rings. The fourth-order valence-corrected chi connectivity index (χ4v) is 10.8. The van der Waals surface area contributed by atoms with Crippen molar-refractivity contribution in [1.29, 1.82) is 0 Å². The summed E-state index contributed by atoms with van der Waals surface area (Å²) in [6.07, 6.45) is 0. The van der Waals surface area contributed by atoms with Crippen molar-refractivity contribution in [2.45, 2.75) is 0 Å². The van der Waals surface area contributed by atoms with E-state index < -0.39 is 16.1 Å². The summed E-state index contributed by atoms with van der Waals surface area (Å²) in [5, 5.41) is 23.1. The fraction of sp³-hybridized carbons (Fsp3) is 0. The highest BCUT2D eigenvalue weighted by Crippen LogP contribution is 2.46. The molecule has 0 saturated carbocycles. The summed E-state index contributed by atoms with van der Waals surface area (Å²) >= 11 is 7.03. The van der Waals surface area contributed by atoms with Crippen LogP contribution in [-0.2, 0) is 0 Å². The normalized spacial score (nSPS) is 11.6. The minimum atomic E-state index is -0.642. The molecule has 115 valence electrons. The maximum Gasteiger partial charge on any atom is 0.0514 e. The Balaban J connectivity index is 1.71. The van der Waals surface area contributed by atoms with Gasteiger partial charge in [-0.2, -0.15) is 50.2 Å². The molecule has 4 aromatic heterocycles. The van der Waals surface area contributed by atoms with Crippen LogP contribution in [0.25, 0.3) is 0 Å².